The van der Waals surface area contributed by atoms with Crippen molar-refractivity contribution in [1.82, 2.24) is 0 Å². The molecule has 8 heteroatoms. The van der Waals surface area contributed by atoms with E-state index >= 15 is 0 Å². The molecular weight excluding hydrogens is 195 g/mol. The number of rotatable bonds is 5. The summed E-state index contributed by atoms with van der Waals surface area (Å²) < 4.78 is 38.9. The van der Waals surface area contributed by atoms with Crippen LogP contribution in [0.4, 0.5) is 0 Å². The van der Waals surface area contributed by atoms with Gasteiger partial charge in [-0.25, -0.2) is 4.18 Å². The summed E-state index contributed by atoms with van der Waals surface area (Å²) >= 11 is 0. The lowest BCUT2D eigenvalue weighted by Crippen LogP contribution is -2.09. The van der Waals surface area contributed by atoms with E-state index in [1.54, 1.807) is 0 Å². The third-order valence-corrected chi connectivity index (χ3v) is 2.23. The Kier molecular flexibility index (Phi) is 4.71. The molecule has 1 unspecified atom stereocenters. The van der Waals surface area contributed by atoms with Crippen LogP contribution in [0.2, 0.25) is 0 Å². The first-order valence-electron chi connectivity index (χ1n) is 2.64. The molecule has 0 radical (unpaired) electrons. The van der Waals surface area contributed by atoms with Crippen molar-refractivity contribution in [3.8, 4) is 0 Å². The van der Waals surface area contributed by atoms with Crippen LogP contribution in [0.25, 0.3) is 0 Å². The Morgan fingerprint density at radius 2 is 2.09 bits per heavy atom. The van der Waals surface area contributed by atoms with Crippen LogP contribution in [-0.2, 0) is 23.4 Å². The molecule has 0 fully saturated rings. The Morgan fingerprint density at radius 3 is 2.45 bits per heavy atom. The topological polar surface area (TPSA) is 89.9 Å². The summed E-state index contributed by atoms with van der Waals surface area (Å²) in [6, 6.07) is 0. The highest BCUT2D eigenvalue weighted by atomic mass is 32.2. The molecule has 0 aromatic heterocycles. The van der Waals surface area contributed by atoms with E-state index in [1.165, 1.54) is 6.92 Å². The van der Waals surface area contributed by atoms with Crippen LogP contribution >= 0.6 is 8.25 Å². The van der Waals surface area contributed by atoms with E-state index in [4.69, 9.17) is 4.89 Å². The zero-order valence-corrected chi connectivity index (χ0v) is 7.47. The first-order chi connectivity index (χ1) is 4.98. The molecule has 0 saturated carbocycles. The summed E-state index contributed by atoms with van der Waals surface area (Å²) in [7, 11) is -6.38. The van der Waals surface area contributed by atoms with Crippen LogP contribution in [0, 0.1) is 0 Å². The molecule has 0 saturated heterocycles. The molecule has 0 spiro atoms. The molecule has 0 aliphatic rings. The normalized spacial score (nSPS) is 13.1. The number of hydrogen-bond donors (Lipinski definition) is 1. The average Bonchev–Trinajstić information content (AvgIpc) is 1.87. The number of hydrogen-bond acceptors (Lipinski definition) is 5. The van der Waals surface area contributed by atoms with Crippen molar-refractivity contribution in [2.45, 2.75) is 6.92 Å². The fourth-order valence-corrected chi connectivity index (χ4v) is 0.799. The smallest absolute Gasteiger partial charge is 0.236 e. The summed E-state index contributed by atoms with van der Waals surface area (Å²) in [6.07, 6.45) is 0. The molecule has 0 heterocycles. The van der Waals surface area contributed by atoms with Crippen molar-refractivity contribution in [3.05, 3.63) is 0 Å². The maximum atomic E-state index is 10.5. The first kappa shape index (κ1) is 10.9. The second-order valence-electron chi connectivity index (χ2n) is 1.45. The van der Waals surface area contributed by atoms with Crippen LogP contribution in [-0.4, -0.2) is 25.9 Å². The highest BCUT2D eigenvalue weighted by molar-refractivity contribution is 7.86. The molecule has 0 bridgehead atoms. The fourth-order valence-electron chi connectivity index (χ4n) is 0.223. The Bertz CT molecular complexity index is 220. The minimum absolute atomic E-state index is 0.196. The standard InChI is InChI=1S/C3H7O6PS/c1-2-11(6,7)9-3-8-10(4)5/h2-3H2,1H3/p+1. The third-order valence-electron chi connectivity index (χ3n) is 0.744. The quantitative estimate of drug-likeness (QED) is 0.383. The minimum Gasteiger partial charge on any atom is -0.236 e. The Balaban J connectivity index is 3.63. The molecule has 1 N–H and O–H groups in total. The van der Waals surface area contributed by atoms with E-state index in [-0.39, 0.29) is 5.75 Å². The monoisotopic (exact) mass is 203 g/mol. The lowest BCUT2D eigenvalue weighted by atomic mass is 11.0. The minimum atomic E-state index is -3.58. The van der Waals surface area contributed by atoms with Gasteiger partial charge in [0.2, 0.25) is 6.79 Å². The summed E-state index contributed by atoms with van der Waals surface area (Å²) in [5, 5.41) is 0. The zero-order valence-electron chi connectivity index (χ0n) is 5.76. The van der Waals surface area contributed by atoms with E-state index in [9.17, 15) is 13.0 Å². The van der Waals surface area contributed by atoms with Gasteiger partial charge in [-0.1, -0.05) is 4.52 Å². The predicted molar refractivity (Wildman–Crippen MR) is 36.3 cm³/mol. The second kappa shape index (κ2) is 4.74. The van der Waals surface area contributed by atoms with E-state index in [1.807, 2.05) is 0 Å². The molecular formula is C3H8O6PS+. The average molecular weight is 203 g/mol. The van der Waals surface area contributed by atoms with Crippen molar-refractivity contribution in [3.63, 3.8) is 0 Å². The van der Waals surface area contributed by atoms with Crippen LogP contribution in [0.3, 0.4) is 0 Å². The van der Waals surface area contributed by atoms with Crippen molar-refractivity contribution in [1.29, 1.82) is 0 Å². The van der Waals surface area contributed by atoms with E-state index in [0.29, 0.717) is 0 Å². The van der Waals surface area contributed by atoms with Gasteiger partial charge in [-0.3, -0.25) is 0 Å². The molecule has 0 amide bonds. The molecule has 66 valence electrons. The maximum Gasteiger partial charge on any atom is 0.697 e. The van der Waals surface area contributed by atoms with E-state index < -0.39 is 25.2 Å². The summed E-state index contributed by atoms with van der Waals surface area (Å²) in [5.41, 5.74) is 0. The van der Waals surface area contributed by atoms with Gasteiger partial charge in [0.1, 0.15) is 0 Å². The highest BCUT2D eigenvalue weighted by Crippen LogP contribution is 2.14. The summed E-state index contributed by atoms with van der Waals surface area (Å²) in [6.45, 7) is 0.663. The first-order valence-corrected chi connectivity index (χ1v) is 5.35. The molecule has 11 heavy (non-hydrogen) atoms. The Morgan fingerprint density at radius 1 is 1.55 bits per heavy atom. The van der Waals surface area contributed by atoms with Gasteiger partial charge in [-0.15, -0.1) is 4.89 Å². The van der Waals surface area contributed by atoms with Gasteiger partial charge in [0.25, 0.3) is 10.1 Å². The molecule has 1 atom stereocenters. The van der Waals surface area contributed by atoms with Gasteiger partial charge < -0.3 is 0 Å². The van der Waals surface area contributed by atoms with Gasteiger partial charge in [0.15, 0.2) is 0 Å². The van der Waals surface area contributed by atoms with Gasteiger partial charge in [-0.2, -0.15) is 8.42 Å². The lowest BCUT2D eigenvalue weighted by molar-refractivity contribution is 0.121. The van der Waals surface area contributed by atoms with Crippen molar-refractivity contribution < 1.29 is 26.6 Å². The summed E-state index contributed by atoms with van der Waals surface area (Å²) in [5.74, 6) is -0.196. The zero-order chi connectivity index (χ0) is 8.91. The van der Waals surface area contributed by atoms with Gasteiger partial charge >= 0.3 is 8.25 Å². The molecule has 0 rings (SSSR count). The summed E-state index contributed by atoms with van der Waals surface area (Å²) in [4.78, 5) is 8.03. The highest BCUT2D eigenvalue weighted by Gasteiger charge is 2.15. The van der Waals surface area contributed by atoms with Crippen LogP contribution in [0.5, 0.6) is 0 Å². The van der Waals surface area contributed by atoms with Crippen LogP contribution in [0.1, 0.15) is 6.92 Å². The van der Waals surface area contributed by atoms with Gasteiger partial charge in [-0.05, 0) is 6.92 Å². The fraction of sp³-hybridized carbons (Fsp3) is 1.00. The lowest BCUT2D eigenvalue weighted by Gasteiger charge is -1.95. The molecule has 6 nitrogen and oxygen atoms in total. The van der Waals surface area contributed by atoms with Crippen LogP contribution < -0.4 is 0 Å². The van der Waals surface area contributed by atoms with E-state index in [2.05, 4.69) is 8.71 Å². The third kappa shape index (κ3) is 6.33. The SMILES string of the molecule is CCS(=O)(=O)OCO[P+](=O)O. The molecule has 0 aliphatic heterocycles. The molecule has 0 aromatic rings. The van der Waals surface area contributed by atoms with Gasteiger partial charge in [0.05, 0.1) is 5.75 Å². The van der Waals surface area contributed by atoms with Crippen LogP contribution in [0.15, 0.2) is 0 Å². The maximum absolute atomic E-state index is 10.5. The van der Waals surface area contributed by atoms with Crippen molar-refractivity contribution in [2.75, 3.05) is 12.5 Å². The van der Waals surface area contributed by atoms with Gasteiger partial charge in [0, 0.05) is 4.57 Å². The molecule has 0 aliphatic carbocycles. The largest absolute Gasteiger partial charge is 0.697 e. The second-order valence-corrected chi connectivity index (χ2v) is 4.11. The Hall–Kier alpha value is -0.0700. The predicted octanol–water partition coefficient (Wildman–Crippen LogP) is -0.0235. The Labute approximate surface area is 65.2 Å². The van der Waals surface area contributed by atoms with Crippen molar-refractivity contribution in [2.24, 2.45) is 0 Å². The van der Waals surface area contributed by atoms with Crippen molar-refractivity contribution >= 4 is 18.4 Å². The van der Waals surface area contributed by atoms with E-state index in [0.717, 1.165) is 0 Å². The molecule has 0 aromatic carbocycles.